The van der Waals surface area contributed by atoms with E-state index >= 15 is 0 Å². The van der Waals surface area contributed by atoms with Gasteiger partial charge in [-0.05, 0) is 34.6 Å². The van der Waals surface area contributed by atoms with Gasteiger partial charge in [0.1, 0.15) is 39.1 Å². The van der Waals surface area contributed by atoms with Crippen LogP contribution in [-0.4, -0.2) is 256 Å². The van der Waals surface area contributed by atoms with Crippen LogP contribution in [0.4, 0.5) is 255 Å². The Bertz CT molecular complexity index is 3780. The number of hydrogen-bond acceptors (Lipinski definition) is 12. The molecule has 70 heteroatoms. The number of carbonyl (C=O) groups is 4. The van der Waals surface area contributed by atoms with Crippen LogP contribution >= 0.6 is 0 Å². The number of carbonyl (C=O) groups excluding carboxylic acids is 4. The van der Waals surface area contributed by atoms with E-state index in [-0.39, 0.29) is 6.92 Å². The summed E-state index contributed by atoms with van der Waals surface area (Å²) in [6, 6.07) is 0. The van der Waals surface area contributed by atoms with E-state index < -0.39 is 330 Å². The molecular weight excluding hydrogens is 2060 g/mol. The van der Waals surface area contributed by atoms with Crippen LogP contribution in [0.3, 0.4) is 0 Å². The normalized spacial score (nSPS) is 15.7. The lowest BCUT2D eigenvalue weighted by atomic mass is 9.88. The van der Waals surface area contributed by atoms with Gasteiger partial charge in [-0.15, -0.1) is 0 Å². The van der Waals surface area contributed by atoms with Crippen molar-refractivity contribution in [3.63, 3.8) is 0 Å². The van der Waals surface area contributed by atoms with Gasteiger partial charge >= 0.3 is 179 Å². The molecule has 0 aliphatic rings. The Hall–Kier alpha value is -7.38. The predicted octanol–water partition coefficient (Wildman–Crippen LogP) is 25.2. The van der Waals surface area contributed by atoms with Crippen molar-refractivity contribution in [2.24, 2.45) is 0 Å². The van der Waals surface area contributed by atoms with Gasteiger partial charge in [-0.3, -0.25) is 0 Å². The minimum Gasteiger partial charge on any atom is -0.460 e. The zero-order valence-electron chi connectivity index (χ0n) is 66.7. The molecule has 0 amide bonds. The van der Waals surface area contributed by atoms with Crippen LogP contribution in [0.2, 0.25) is 0 Å². The van der Waals surface area contributed by atoms with Crippen molar-refractivity contribution in [3.05, 3.63) is 48.6 Å². The smallest absolute Gasteiger partial charge is 0.438 e. The van der Waals surface area contributed by atoms with Crippen molar-refractivity contribution in [1.29, 1.82) is 0 Å². The lowest BCUT2D eigenvalue weighted by Crippen LogP contribution is -2.70. The number of halogens is 58. The molecule has 0 rings (SSSR count). The monoisotopic (exact) mass is 2120 g/mol. The summed E-state index contributed by atoms with van der Waals surface area (Å²) < 4.78 is 792. The highest BCUT2D eigenvalue weighted by Gasteiger charge is 2.94. The minimum atomic E-state index is -7.91. The maximum absolute atomic E-state index is 14.0. The number of hydrogen-bond donors (Lipinski definition) is 0. The lowest BCUT2D eigenvalue weighted by molar-refractivity contribution is -0.431. The fourth-order valence-corrected chi connectivity index (χ4v) is 8.17. The second kappa shape index (κ2) is 43.6. The zero-order chi connectivity index (χ0) is 109. The molecule has 796 valence electrons. The summed E-state index contributed by atoms with van der Waals surface area (Å²) >= 11 is 0. The van der Waals surface area contributed by atoms with Crippen molar-refractivity contribution in [2.45, 2.75) is 279 Å². The third-order valence-corrected chi connectivity index (χ3v) is 15.9. The average Bonchev–Trinajstić information content (AvgIpc) is 0.725. The number of alkyl halides is 58. The van der Waals surface area contributed by atoms with Crippen molar-refractivity contribution in [2.75, 3.05) is 46.2 Å². The van der Waals surface area contributed by atoms with Crippen LogP contribution < -0.4 is 0 Å². The Morgan fingerprint density at radius 3 is 0.590 bits per heavy atom. The van der Waals surface area contributed by atoms with Crippen molar-refractivity contribution in [3.8, 4) is 0 Å². The highest BCUT2D eigenvalue weighted by molar-refractivity contribution is 5.88. The van der Waals surface area contributed by atoms with E-state index in [0.29, 0.717) is 6.92 Å². The van der Waals surface area contributed by atoms with Gasteiger partial charge in [0.15, 0.2) is 0 Å². The van der Waals surface area contributed by atoms with E-state index in [4.69, 9.17) is 0 Å². The third kappa shape index (κ3) is 31.8. The summed E-state index contributed by atoms with van der Waals surface area (Å²) in [5, 5.41) is 0. The summed E-state index contributed by atoms with van der Waals surface area (Å²) in [6.45, 7) is 2.06. The van der Waals surface area contributed by atoms with E-state index in [1.165, 1.54) is 0 Å². The molecule has 0 saturated heterocycles. The van der Waals surface area contributed by atoms with E-state index in [2.05, 4.69) is 64.2 Å². The van der Waals surface area contributed by atoms with E-state index in [1.807, 2.05) is 0 Å². The summed E-state index contributed by atoms with van der Waals surface area (Å²) in [5.74, 6) is -91.4. The molecule has 12 nitrogen and oxygen atoms in total. The zero-order valence-corrected chi connectivity index (χ0v) is 66.7. The van der Waals surface area contributed by atoms with Crippen molar-refractivity contribution >= 4 is 23.9 Å². The Kier molecular flexibility index (Phi) is 43.2. The van der Waals surface area contributed by atoms with Crippen LogP contribution in [0.1, 0.15) is 93.9 Å². The number of esters is 4. The second-order valence-corrected chi connectivity index (χ2v) is 27.9. The van der Waals surface area contributed by atoms with Crippen molar-refractivity contribution in [1.82, 2.24) is 0 Å². The summed E-state index contributed by atoms with van der Waals surface area (Å²) in [4.78, 5) is 45.0. The van der Waals surface area contributed by atoms with Gasteiger partial charge in [0.25, 0.3) is 0 Å². The predicted molar refractivity (Wildman–Crippen MR) is 326 cm³/mol. The summed E-state index contributed by atoms with van der Waals surface area (Å²) in [5.41, 5.74) is -33.2. The summed E-state index contributed by atoms with van der Waals surface area (Å²) in [6.07, 6.45) is -94.5. The fourth-order valence-electron chi connectivity index (χ4n) is 8.17. The molecule has 0 aliphatic carbocycles. The molecule has 134 heavy (non-hydrogen) atoms. The first-order chi connectivity index (χ1) is 57.9. The molecule has 0 aromatic heterocycles. The van der Waals surface area contributed by atoms with Crippen LogP contribution in [0, 0.1) is 0 Å². The van der Waals surface area contributed by atoms with E-state index in [0.717, 1.165) is 27.7 Å². The Morgan fingerprint density at radius 2 is 0.418 bits per heavy atom. The molecule has 0 N–H and O–H groups in total. The van der Waals surface area contributed by atoms with Gasteiger partial charge in [-0.1, -0.05) is 26.3 Å². The first-order valence-electron chi connectivity index (χ1n) is 33.7. The van der Waals surface area contributed by atoms with Gasteiger partial charge in [0.05, 0.1) is 31.5 Å². The molecule has 0 saturated carbocycles. The van der Waals surface area contributed by atoms with Gasteiger partial charge in [-0.2, -0.15) is 211 Å². The third-order valence-electron chi connectivity index (χ3n) is 15.9. The standard InChI is InChI=1S/C17H17F15O3.C16H15F15O3.C16H17F13O3.C15H13F15O3/c1-8(2)10(33)35-7-9(34-5-4-12(20,21)11(3,18)19)6-13(22,23)15(25,26)14(24,16(27,28)29)17(30,31)32;1-7(2)9(32)33-5-8(34-6-12(21,22)10(3,17)18)4-11(19,20)14(24,25)13(23,15(26,27)28)16(29,30)31;1-8(2)10(30)32-7-9(31-5-4-11(3,17)18)6-12(19,20)14(22,23)13(21,15(24,25)26)16(27,28)29;1-6(2)8(31)32-5-7(33-15(29,30)9(3,16)17)4-10(18,19)12(21,22)11(20,13(23,24)25)14(26,27)28/h9H,1,4-7H2,2-3H3;8H,1,4-6H2,2-3H3;9H,1,4-7H2,2-3H3;7H,1,4-5H2,2-3H3. The highest BCUT2D eigenvalue weighted by atomic mass is 19.5. The highest BCUT2D eigenvalue weighted by Crippen LogP contribution is 2.65. The summed E-state index contributed by atoms with van der Waals surface area (Å²) in [7, 11) is 0. The molecule has 4 atom stereocenters. The first-order valence-corrected chi connectivity index (χ1v) is 33.7. The second-order valence-electron chi connectivity index (χ2n) is 27.9. The number of ether oxygens (including phenoxy) is 8. The molecule has 0 spiro atoms. The minimum absolute atomic E-state index is 0.275. The van der Waals surface area contributed by atoms with Gasteiger partial charge in [0, 0.05) is 81.6 Å². The quantitative estimate of drug-likeness (QED) is 0.0248. The number of rotatable bonds is 44. The van der Waals surface area contributed by atoms with Crippen molar-refractivity contribution < 1.29 is 312 Å². The molecule has 0 radical (unpaired) electrons. The Morgan fingerprint density at radius 1 is 0.239 bits per heavy atom. The van der Waals surface area contributed by atoms with Crippen LogP contribution in [0.25, 0.3) is 0 Å². The molecule has 4 unspecified atom stereocenters. The topological polar surface area (TPSA) is 142 Å². The van der Waals surface area contributed by atoms with E-state index in [9.17, 15) is 274 Å². The average molecular weight is 2130 g/mol. The Labute approximate surface area is 709 Å². The molecule has 0 heterocycles. The largest absolute Gasteiger partial charge is 0.460 e. The van der Waals surface area contributed by atoms with Crippen LogP contribution in [0.15, 0.2) is 48.6 Å². The maximum atomic E-state index is 14.0. The molecule has 0 fully saturated rings. The van der Waals surface area contributed by atoms with Gasteiger partial charge < -0.3 is 37.9 Å². The van der Waals surface area contributed by atoms with Gasteiger partial charge in [0.2, 0.25) is 5.92 Å². The fraction of sp³-hybridized carbons (Fsp3) is 0.812. The molecule has 0 bridgehead atoms. The Balaban J connectivity index is -0.000000841. The molecule has 0 aliphatic heterocycles. The SMILES string of the molecule is C=C(C)C(=O)OCC(CC(F)(F)C(F)(F)C(F)(C(F)(F)F)C(F)(F)F)OC(F)(F)C(C)(F)F.C=C(C)C(=O)OCC(CC(F)(F)C(F)(F)C(F)(C(F)(F)F)C(F)(F)F)OCC(F)(F)C(C)(F)F.C=C(C)C(=O)OCC(CC(F)(F)C(F)(F)C(F)(C(F)(F)F)C(F)(F)F)OCCC(C)(F)F.C=C(C)C(=O)OCC(CC(F)(F)C(F)(F)C(F)(C(F)(F)F)C(F)(F)F)OCCC(F)(F)C(C)(F)F. The molecule has 0 aromatic rings. The van der Waals surface area contributed by atoms with Crippen LogP contribution in [0.5, 0.6) is 0 Å². The molecule has 0 aromatic carbocycles. The van der Waals surface area contributed by atoms with Crippen LogP contribution in [-0.2, 0) is 57.1 Å². The molecular formula is C64H62F58O12. The first kappa shape index (κ1) is 133. The van der Waals surface area contributed by atoms with Gasteiger partial charge in [-0.25, -0.2) is 63.1 Å². The lowest BCUT2D eigenvalue weighted by Gasteiger charge is -2.40. The van der Waals surface area contributed by atoms with E-state index in [1.54, 1.807) is 0 Å². The maximum Gasteiger partial charge on any atom is 0.438 e.